The molecule has 1 aliphatic heterocycles. The molecule has 0 bridgehead atoms. The first-order valence-electron chi connectivity index (χ1n) is 9.12. The minimum atomic E-state index is -3.66. The Morgan fingerprint density at radius 3 is 2.43 bits per heavy atom. The normalized spacial score (nSPS) is 16.0. The van der Waals surface area contributed by atoms with E-state index in [4.69, 9.17) is 4.74 Å². The van der Waals surface area contributed by atoms with Gasteiger partial charge < -0.3 is 4.74 Å². The van der Waals surface area contributed by atoms with Crippen molar-refractivity contribution in [3.05, 3.63) is 65.7 Å². The zero-order valence-electron chi connectivity index (χ0n) is 15.7. The molecule has 0 unspecified atom stereocenters. The molecule has 0 radical (unpaired) electrons. The summed E-state index contributed by atoms with van der Waals surface area (Å²) in [5, 5.41) is 4.21. The van der Waals surface area contributed by atoms with Crippen molar-refractivity contribution < 1.29 is 17.9 Å². The second kappa shape index (κ2) is 9.09. The molecule has 1 aliphatic rings. The largest absolute Gasteiger partial charge is 0.379 e. The van der Waals surface area contributed by atoms with Crippen LogP contribution in [0.5, 0.6) is 0 Å². The van der Waals surface area contributed by atoms with Crippen LogP contribution in [0.15, 0.2) is 64.6 Å². The highest BCUT2D eigenvalue weighted by atomic mass is 32.2. The molecular weight excluding hydrogens is 378 g/mol. The van der Waals surface area contributed by atoms with Crippen molar-refractivity contribution in [2.75, 3.05) is 26.3 Å². The molecule has 1 heterocycles. The highest BCUT2D eigenvalue weighted by Crippen LogP contribution is 2.18. The molecule has 2 aromatic carbocycles. The minimum absolute atomic E-state index is 0.0878. The van der Waals surface area contributed by atoms with E-state index in [2.05, 4.69) is 10.5 Å². The first kappa shape index (κ1) is 20.2. The Hall–Kier alpha value is -2.55. The van der Waals surface area contributed by atoms with E-state index in [0.29, 0.717) is 32.7 Å². The Balaban J connectivity index is 1.78. The maximum atomic E-state index is 12.8. The summed E-state index contributed by atoms with van der Waals surface area (Å²) in [5.41, 5.74) is 4.43. The van der Waals surface area contributed by atoms with Crippen LogP contribution in [0.1, 0.15) is 29.3 Å². The van der Waals surface area contributed by atoms with Gasteiger partial charge in [-0.25, -0.2) is 13.8 Å². The molecule has 7 nitrogen and oxygen atoms in total. The topological polar surface area (TPSA) is 88.1 Å². The number of benzene rings is 2. The quantitative estimate of drug-likeness (QED) is 0.594. The fourth-order valence-electron chi connectivity index (χ4n) is 2.89. The third-order valence-electron chi connectivity index (χ3n) is 4.44. The van der Waals surface area contributed by atoms with Crippen LogP contribution < -0.4 is 5.43 Å². The number of nitrogens with one attached hydrogen (secondary N) is 1. The summed E-state index contributed by atoms with van der Waals surface area (Å²) in [6.07, 6.45) is 0.649. The average Bonchev–Trinajstić information content (AvgIpc) is 2.75. The van der Waals surface area contributed by atoms with E-state index >= 15 is 0 Å². The molecule has 1 saturated heterocycles. The molecule has 0 aromatic heterocycles. The molecule has 1 fully saturated rings. The van der Waals surface area contributed by atoms with Crippen LogP contribution in [0, 0.1) is 0 Å². The molecule has 2 aromatic rings. The maximum absolute atomic E-state index is 12.8. The third-order valence-corrected chi connectivity index (χ3v) is 6.33. The van der Waals surface area contributed by atoms with Crippen LogP contribution in [-0.2, 0) is 14.8 Å². The van der Waals surface area contributed by atoms with Gasteiger partial charge >= 0.3 is 0 Å². The van der Waals surface area contributed by atoms with E-state index in [1.54, 1.807) is 12.1 Å². The molecule has 3 rings (SSSR count). The first-order chi connectivity index (χ1) is 13.5. The van der Waals surface area contributed by atoms with Gasteiger partial charge in [0.05, 0.1) is 23.8 Å². The summed E-state index contributed by atoms with van der Waals surface area (Å²) in [6, 6.07) is 15.6. The number of ether oxygens (including phenoxy) is 1. The van der Waals surface area contributed by atoms with Gasteiger partial charge in [0.15, 0.2) is 0 Å². The number of rotatable bonds is 6. The van der Waals surface area contributed by atoms with Gasteiger partial charge in [-0.2, -0.15) is 9.41 Å². The Labute approximate surface area is 165 Å². The fraction of sp³-hybridized carbons (Fsp3) is 0.300. The predicted octanol–water partition coefficient (Wildman–Crippen LogP) is 2.25. The standard InChI is InChI=1S/C20H23N3O4S/c1-2-19(16-7-4-3-5-8-16)21-22-20(24)17-9-6-10-18(15-17)28(25,26)23-11-13-27-14-12-23/h3-10,15H,2,11-14H2,1H3,(H,22,24). The Bertz CT molecular complexity index is 952. The zero-order chi connectivity index (χ0) is 20.0. The third kappa shape index (κ3) is 4.64. The highest BCUT2D eigenvalue weighted by Gasteiger charge is 2.26. The second-order valence-corrected chi connectivity index (χ2v) is 8.20. The number of sulfonamides is 1. The number of morpholine rings is 1. The molecule has 1 amide bonds. The molecule has 28 heavy (non-hydrogen) atoms. The van der Waals surface area contributed by atoms with Gasteiger partial charge in [0, 0.05) is 18.7 Å². The SMILES string of the molecule is CCC(=NNC(=O)c1cccc(S(=O)(=O)N2CCOCC2)c1)c1ccccc1. The summed E-state index contributed by atoms with van der Waals surface area (Å²) < 4.78 is 32.1. The molecule has 0 aliphatic carbocycles. The lowest BCUT2D eigenvalue weighted by Gasteiger charge is -2.26. The number of hydrogen-bond donors (Lipinski definition) is 1. The van der Waals surface area contributed by atoms with E-state index in [1.165, 1.54) is 16.4 Å². The molecule has 0 saturated carbocycles. The van der Waals surface area contributed by atoms with Crippen LogP contribution in [0.2, 0.25) is 0 Å². The van der Waals surface area contributed by atoms with Gasteiger partial charge in [-0.15, -0.1) is 0 Å². The van der Waals surface area contributed by atoms with Crippen molar-refractivity contribution in [3.63, 3.8) is 0 Å². The Kier molecular flexibility index (Phi) is 6.56. The number of nitrogens with zero attached hydrogens (tertiary/aromatic N) is 2. The summed E-state index contributed by atoms with van der Waals surface area (Å²) in [6.45, 7) is 3.30. The Morgan fingerprint density at radius 2 is 1.75 bits per heavy atom. The number of amides is 1. The van der Waals surface area contributed by atoms with Crippen molar-refractivity contribution in [2.24, 2.45) is 5.10 Å². The zero-order valence-corrected chi connectivity index (χ0v) is 16.5. The van der Waals surface area contributed by atoms with Crippen molar-refractivity contribution >= 4 is 21.6 Å². The number of carbonyl (C=O) groups excluding carboxylic acids is 1. The molecule has 1 N–H and O–H groups in total. The van der Waals surface area contributed by atoms with Crippen LogP contribution in [0.4, 0.5) is 0 Å². The van der Waals surface area contributed by atoms with Crippen molar-refractivity contribution in [3.8, 4) is 0 Å². The van der Waals surface area contributed by atoms with E-state index in [9.17, 15) is 13.2 Å². The summed E-state index contributed by atoms with van der Waals surface area (Å²) >= 11 is 0. The fourth-order valence-corrected chi connectivity index (χ4v) is 4.35. The Morgan fingerprint density at radius 1 is 1.07 bits per heavy atom. The van der Waals surface area contributed by atoms with Crippen LogP contribution in [0.3, 0.4) is 0 Å². The molecular formula is C20H23N3O4S. The van der Waals surface area contributed by atoms with Gasteiger partial charge in [-0.1, -0.05) is 43.3 Å². The van der Waals surface area contributed by atoms with Gasteiger partial charge in [0.25, 0.3) is 5.91 Å². The number of carbonyl (C=O) groups is 1. The lowest BCUT2D eigenvalue weighted by molar-refractivity contribution is 0.0730. The van der Waals surface area contributed by atoms with E-state index in [0.717, 1.165) is 11.3 Å². The second-order valence-electron chi connectivity index (χ2n) is 6.26. The van der Waals surface area contributed by atoms with Crippen LogP contribution in [0.25, 0.3) is 0 Å². The molecule has 0 spiro atoms. The van der Waals surface area contributed by atoms with Crippen molar-refractivity contribution in [2.45, 2.75) is 18.2 Å². The lowest BCUT2D eigenvalue weighted by atomic mass is 10.1. The van der Waals surface area contributed by atoms with Gasteiger partial charge in [-0.05, 0) is 30.2 Å². The van der Waals surface area contributed by atoms with Gasteiger partial charge in [0.1, 0.15) is 0 Å². The van der Waals surface area contributed by atoms with Gasteiger partial charge in [0.2, 0.25) is 10.0 Å². The van der Waals surface area contributed by atoms with E-state index < -0.39 is 15.9 Å². The van der Waals surface area contributed by atoms with Crippen LogP contribution >= 0.6 is 0 Å². The summed E-state index contributed by atoms with van der Waals surface area (Å²) in [5.74, 6) is -0.457. The maximum Gasteiger partial charge on any atom is 0.271 e. The summed E-state index contributed by atoms with van der Waals surface area (Å²) in [4.78, 5) is 12.6. The predicted molar refractivity (Wildman–Crippen MR) is 107 cm³/mol. The van der Waals surface area contributed by atoms with E-state index in [-0.39, 0.29) is 10.5 Å². The van der Waals surface area contributed by atoms with E-state index in [1.807, 2.05) is 37.3 Å². The minimum Gasteiger partial charge on any atom is -0.379 e. The van der Waals surface area contributed by atoms with Gasteiger partial charge in [-0.3, -0.25) is 4.79 Å². The molecule has 148 valence electrons. The number of hydrazone groups is 1. The highest BCUT2D eigenvalue weighted by molar-refractivity contribution is 7.89. The molecule has 8 heteroatoms. The first-order valence-corrected chi connectivity index (χ1v) is 10.6. The van der Waals surface area contributed by atoms with Crippen LogP contribution in [-0.4, -0.2) is 50.6 Å². The smallest absolute Gasteiger partial charge is 0.271 e. The van der Waals surface area contributed by atoms with Crippen molar-refractivity contribution in [1.82, 2.24) is 9.73 Å². The lowest BCUT2D eigenvalue weighted by Crippen LogP contribution is -2.40. The number of hydrogen-bond acceptors (Lipinski definition) is 5. The monoisotopic (exact) mass is 401 g/mol. The molecule has 0 atom stereocenters. The average molecular weight is 401 g/mol. The van der Waals surface area contributed by atoms with Crippen molar-refractivity contribution in [1.29, 1.82) is 0 Å². The summed E-state index contributed by atoms with van der Waals surface area (Å²) in [7, 11) is -3.66.